The predicted octanol–water partition coefficient (Wildman–Crippen LogP) is 2.48. The summed E-state index contributed by atoms with van der Waals surface area (Å²) in [6.07, 6.45) is 3.69. The van der Waals surface area contributed by atoms with Gasteiger partial charge in [-0.25, -0.2) is 0 Å². The predicted molar refractivity (Wildman–Crippen MR) is 79.5 cm³/mol. The summed E-state index contributed by atoms with van der Waals surface area (Å²) in [6, 6.07) is 6.34. The summed E-state index contributed by atoms with van der Waals surface area (Å²) in [7, 11) is 0. The van der Waals surface area contributed by atoms with Gasteiger partial charge in [0.25, 0.3) is 0 Å². The molecular formula is C16H24N2O. The van der Waals surface area contributed by atoms with Crippen LogP contribution in [-0.2, 0) is 6.42 Å². The number of rotatable bonds is 5. The molecule has 0 amide bonds. The molecular weight excluding hydrogens is 236 g/mol. The van der Waals surface area contributed by atoms with Crippen LogP contribution in [0, 0.1) is 0 Å². The minimum Gasteiger partial charge on any atom is -0.507 e. The first kappa shape index (κ1) is 14.1. The molecule has 3 nitrogen and oxygen atoms in total. The van der Waals surface area contributed by atoms with Crippen LogP contribution in [0.25, 0.3) is 0 Å². The maximum Gasteiger partial charge on any atom is 0.123 e. The Morgan fingerprint density at radius 2 is 2.16 bits per heavy atom. The fourth-order valence-electron chi connectivity index (χ4n) is 2.79. The van der Waals surface area contributed by atoms with Gasteiger partial charge in [0.2, 0.25) is 0 Å². The standard InChI is InChI=1S/C16H24N2O/c1-3-6-15(18-11-9-17-10-12-18)14-8-5-7-13(4-2)16(14)19/h3,5,7-8,15,17,19H,1,4,6,9-12H2,2H3/t15-/m0/s1. The van der Waals surface area contributed by atoms with Crippen molar-refractivity contribution in [2.75, 3.05) is 26.2 Å². The van der Waals surface area contributed by atoms with Gasteiger partial charge in [-0.2, -0.15) is 0 Å². The highest BCUT2D eigenvalue weighted by molar-refractivity contribution is 5.42. The van der Waals surface area contributed by atoms with Gasteiger partial charge in [-0.15, -0.1) is 6.58 Å². The van der Waals surface area contributed by atoms with Crippen LogP contribution in [0.3, 0.4) is 0 Å². The fraction of sp³-hybridized carbons (Fsp3) is 0.500. The SMILES string of the molecule is C=CC[C@@H](c1cccc(CC)c1O)N1CCNCC1. The molecule has 1 aromatic carbocycles. The summed E-state index contributed by atoms with van der Waals surface area (Å²) in [5.74, 6) is 0.468. The number of aryl methyl sites for hydroxylation is 1. The van der Waals surface area contributed by atoms with Crippen molar-refractivity contribution in [3.63, 3.8) is 0 Å². The van der Waals surface area contributed by atoms with Gasteiger partial charge >= 0.3 is 0 Å². The van der Waals surface area contributed by atoms with Crippen LogP contribution in [0.15, 0.2) is 30.9 Å². The molecule has 0 bridgehead atoms. The lowest BCUT2D eigenvalue weighted by Gasteiger charge is -2.35. The van der Waals surface area contributed by atoms with E-state index in [1.807, 2.05) is 24.3 Å². The number of phenolic OH excluding ortho intramolecular Hbond substituents is 1. The van der Waals surface area contributed by atoms with Gasteiger partial charge in [0.05, 0.1) is 0 Å². The Labute approximate surface area is 115 Å². The second-order valence-corrected chi connectivity index (χ2v) is 5.03. The van der Waals surface area contributed by atoms with Gasteiger partial charge in [0.15, 0.2) is 0 Å². The van der Waals surface area contributed by atoms with Crippen molar-refractivity contribution in [3.8, 4) is 5.75 Å². The highest BCUT2D eigenvalue weighted by atomic mass is 16.3. The molecule has 1 atom stereocenters. The number of nitrogens with zero attached hydrogens (tertiary/aromatic N) is 1. The molecule has 0 unspecified atom stereocenters. The van der Waals surface area contributed by atoms with E-state index in [9.17, 15) is 5.11 Å². The van der Waals surface area contributed by atoms with Crippen LogP contribution < -0.4 is 5.32 Å². The zero-order chi connectivity index (χ0) is 13.7. The number of phenols is 1. The molecule has 0 aromatic heterocycles. The molecule has 2 rings (SSSR count). The first-order valence-corrected chi connectivity index (χ1v) is 7.14. The number of hydrogen-bond acceptors (Lipinski definition) is 3. The van der Waals surface area contributed by atoms with E-state index in [0.717, 1.165) is 50.1 Å². The number of para-hydroxylation sites is 1. The van der Waals surface area contributed by atoms with Gasteiger partial charge in [0.1, 0.15) is 5.75 Å². The van der Waals surface area contributed by atoms with Crippen LogP contribution >= 0.6 is 0 Å². The topological polar surface area (TPSA) is 35.5 Å². The van der Waals surface area contributed by atoms with Crippen molar-refractivity contribution in [3.05, 3.63) is 42.0 Å². The van der Waals surface area contributed by atoms with Crippen molar-refractivity contribution in [1.82, 2.24) is 10.2 Å². The van der Waals surface area contributed by atoms with Gasteiger partial charge in [-0.1, -0.05) is 31.2 Å². The Morgan fingerprint density at radius 3 is 2.79 bits per heavy atom. The Kier molecular flexibility index (Phi) is 5.00. The van der Waals surface area contributed by atoms with Gasteiger partial charge in [-0.3, -0.25) is 4.90 Å². The van der Waals surface area contributed by atoms with Crippen molar-refractivity contribution in [1.29, 1.82) is 0 Å². The Bertz CT molecular complexity index is 425. The molecule has 1 aromatic rings. The molecule has 3 heteroatoms. The van der Waals surface area contributed by atoms with Gasteiger partial charge in [0, 0.05) is 37.8 Å². The van der Waals surface area contributed by atoms with Gasteiger partial charge < -0.3 is 10.4 Å². The zero-order valence-electron chi connectivity index (χ0n) is 11.7. The normalized spacial score (nSPS) is 18.2. The maximum absolute atomic E-state index is 10.4. The Hall–Kier alpha value is -1.32. The molecule has 1 saturated heterocycles. The monoisotopic (exact) mass is 260 g/mol. The minimum absolute atomic E-state index is 0.242. The Balaban J connectivity index is 2.29. The summed E-state index contributed by atoms with van der Waals surface area (Å²) >= 11 is 0. The zero-order valence-corrected chi connectivity index (χ0v) is 11.7. The molecule has 0 radical (unpaired) electrons. The smallest absolute Gasteiger partial charge is 0.123 e. The minimum atomic E-state index is 0.242. The van der Waals surface area contributed by atoms with E-state index in [2.05, 4.69) is 23.7 Å². The van der Waals surface area contributed by atoms with Crippen molar-refractivity contribution in [2.45, 2.75) is 25.8 Å². The molecule has 1 heterocycles. The fourth-order valence-corrected chi connectivity index (χ4v) is 2.79. The second kappa shape index (κ2) is 6.73. The van der Waals surface area contributed by atoms with E-state index in [1.54, 1.807) is 0 Å². The highest BCUT2D eigenvalue weighted by Crippen LogP contribution is 2.34. The van der Waals surface area contributed by atoms with E-state index < -0.39 is 0 Å². The van der Waals surface area contributed by atoms with E-state index >= 15 is 0 Å². The van der Waals surface area contributed by atoms with Crippen molar-refractivity contribution in [2.24, 2.45) is 0 Å². The lowest BCUT2D eigenvalue weighted by atomic mass is 9.97. The third-order valence-electron chi connectivity index (χ3n) is 3.87. The highest BCUT2D eigenvalue weighted by Gasteiger charge is 2.23. The molecule has 19 heavy (non-hydrogen) atoms. The van der Waals surface area contributed by atoms with Crippen LogP contribution in [0.4, 0.5) is 0 Å². The number of piperazine rings is 1. The van der Waals surface area contributed by atoms with Crippen molar-refractivity contribution < 1.29 is 5.11 Å². The molecule has 1 aliphatic heterocycles. The molecule has 0 saturated carbocycles. The lowest BCUT2D eigenvalue weighted by molar-refractivity contribution is 0.172. The largest absolute Gasteiger partial charge is 0.507 e. The van der Waals surface area contributed by atoms with Crippen molar-refractivity contribution >= 4 is 0 Å². The molecule has 0 spiro atoms. The lowest BCUT2D eigenvalue weighted by Crippen LogP contribution is -2.45. The van der Waals surface area contributed by atoms with Gasteiger partial charge in [-0.05, 0) is 18.4 Å². The number of nitrogens with one attached hydrogen (secondary N) is 1. The van der Waals surface area contributed by atoms with Crippen LogP contribution in [-0.4, -0.2) is 36.2 Å². The average Bonchev–Trinajstić information content (AvgIpc) is 2.46. The molecule has 104 valence electrons. The molecule has 1 fully saturated rings. The summed E-state index contributed by atoms with van der Waals surface area (Å²) in [4.78, 5) is 2.44. The summed E-state index contributed by atoms with van der Waals surface area (Å²) in [5, 5.41) is 13.8. The summed E-state index contributed by atoms with van der Waals surface area (Å²) < 4.78 is 0. The average molecular weight is 260 g/mol. The second-order valence-electron chi connectivity index (χ2n) is 5.03. The van der Waals surface area contributed by atoms with Crippen LogP contribution in [0.2, 0.25) is 0 Å². The number of hydrogen-bond donors (Lipinski definition) is 2. The van der Waals surface area contributed by atoms with E-state index in [-0.39, 0.29) is 6.04 Å². The first-order valence-electron chi connectivity index (χ1n) is 7.14. The van der Waals surface area contributed by atoms with Crippen LogP contribution in [0.5, 0.6) is 5.75 Å². The third-order valence-corrected chi connectivity index (χ3v) is 3.87. The third kappa shape index (κ3) is 3.17. The Morgan fingerprint density at radius 1 is 1.42 bits per heavy atom. The first-order chi connectivity index (χ1) is 9.27. The van der Waals surface area contributed by atoms with E-state index in [0.29, 0.717) is 5.75 Å². The number of benzene rings is 1. The summed E-state index contributed by atoms with van der Waals surface area (Å²) in [5.41, 5.74) is 2.07. The quantitative estimate of drug-likeness (QED) is 0.798. The summed E-state index contributed by atoms with van der Waals surface area (Å²) in [6.45, 7) is 10.0. The molecule has 0 aliphatic carbocycles. The van der Waals surface area contributed by atoms with Crippen LogP contribution in [0.1, 0.15) is 30.5 Å². The molecule has 2 N–H and O–H groups in total. The molecule has 1 aliphatic rings. The van der Waals surface area contributed by atoms with E-state index in [1.165, 1.54) is 0 Å². The van der Waals surface area contributed by atoms with E-state index in [4.69, 9.17) is 0 Å². The number of aromatic hydroxyl groups is 1. The maximum atomic E-state index is 10.4.